The van der Waals surface area contributed by atoms with E-state index in [2.05, 4.69) is 14.8 Å². The first-order valence-corrected chi connectivity index (χ1v) is 12.5. The van der Waals surface area contributed by atoms with Crippen LogP contribution < -0.4 is 9.64 Å². The molecule has 0 aliphatic carbocycles. The Balaban J connectivity index is 1.30. The van der Waals surface area contributed by atoms with E-state index in [-0.39, 0.29) is 30.0 Å². The Bertz CT molecular complexity index is 1190. The number of piperazine rings is 1. The number of carbonyl (C=O) groups is 1. The number of ether oxygens (including phenoxy) is 2. The summed E-state index contributed by atoms with van der Waals surface area (Å²) in [5, 5.41) is 0. The Hall–Kier alpha value is -3.52. The lowest BCUT2D eigenvalue weighted by atomic mass is 10.1. The number of pyridine rings is 1. The molecule has 4 rings (SSSR count). The minimum Gasteiger partial charge on any atom is -0.488 e. The van der Waals surface area contributed by atoms with E-state index in [9.17, 15) is 13.6 Å². The second-order valence-corrected chi connectivity index (χ2v) is 9.58. The van der Waals surface area contributed by atoms with E-state index >= 15 is 0 Å². The van der Waals surface area contributed by atoms with Crippen molar-refractivity contribution in [1.82, 2.24) is 9.88 Å². The van der Waals surface area contributed by atoms with Crippen molar-refractivity contribution in [3.63, 3.8) is 0 Å². The van der Waals surface area contributed by atoms with E-state index in [1.54, 1.807) is 36.5 Å². The molecule has 3 aromatic rings. The number of para-hydroxylation sites is 1. The molecule has 1 fully saturated rings. The second kappa shape index (κ2) is 11.7. The first kappa shape index (κ1) is 26.5. The second-order valence-electron chi connectivity index (χ2n) is 9.58. The minimum atomic E-state index is -2.96. The molecule has 0 saturated carbocycles. The van der Waals surface area contributed by atoms with Crippen LogP contribution in [0.5, 0.6) is 5.75 Å². The summed E-state index contributed by atoms with van der Waals surface area (Å²) in [6, 6.07) is 17.8. The number of hydrogen-bond donors (Lipinski definition) is 0. The highest BCUT2D eigenvalue weighted by Crippen LogP contribution is 2.34. The molecular formula is C29H33F2N3O3. The maximum Gasteiger partial charge on any atom is 0.342 e. The molecule has 0 N–H and O–H groups in total. The molecule has 2 aromatic carbocycles. The molecular weight excluding hydrogens is 476 g/mol. The van der Waals surface area contributed by atoms with Gasteiger partial charge < -0.3 is 14.4 Å². The van der Waals surface area contributed by atoms with E-state index in [4.69, 9.17) is 9.47 Å². The minimum absolute atomic E-state index is 0.111. The van der Waals surface area contributed by atoms with Crippen LogP contribution in [-0.4, -0.2) is 48.1 Å². The first-order chi connectivity index (χ1) is 17.7. The topological polar surface area (TPSA) is 54.9 Å². The van der Waals surface area contributed by atoms with Gasteiger partial charge in [0.15, 0.2) is 0 Å². The Labute approximate surface area is 216 Å². The molecule has 0 unspecified atom stereocenters. The lowest BCUT2D eigenvalue weighted by molar-refractivity contribution is 0.0142. The van der Waals surface area contributed by atoms with Crippen LogP contribution in [0.15, 0.2) is 66.9 Å². The number of esters is 1. The fourth-order valence-electron chi connectivity index (χ4n) is 4.32. The van der Waals surface area contributed by atoms with Crippen LogP contribution >= 0.6 is 0 Å². The zero-order valence-corrected chi connectivity index (χ0v) is 21.5. The molecule has 8 heteroatoms. The predicted octanol–water partition coefficient (Wildman–Crippen LogP) is 5.66. The molecule has 1 aliphatic heterocycles. The summed E-state index contributed by atoms with van der Waals surface area (Å²) < 4.78 is 38.7. The van der Waals surface area contributed by atoms with Crippen molar-refractivity contribution in [3.8, 4) is 5.75 Å². The highest BCUT2D eigenvalue weighted by Gasteiger charge is 2.28. The Morgan fingerprint density at radius 2 is 1.65 bits per heavy atom. The average molecular weight is 510 g/mol. The number of halogens is 2. The number of carbonyl (C=O) groups excluding carboxylic acids is 1. The van der Waals surface area contributed by atoms with Crippen molar-refractivity contribution in [2.45, 2.75) is 45.9 Å². The number of aromatic nitrogens is 1. The molecule has 2 heterocycles. The lowest BCUT2D eigenvalue weighted by Gasteiger charge is -2.36. The van der Waals surface area contributed by atoms with Gasteiger partial charge in [-0.25, -0.2) is 18.6 Å². The van der Waals surface area contributed by atoms with Gasteiger partial charge in [0.05, 0.1) is 11.7 Å². The third-order valence-electron chi connectivity index (χ3n) is 6.20. The fraction of sp³-hybridized carbons (Fsp3) is 0.379. The SMILES string of the molecule is CC(C)OC(=O)c1cccnc1N1CCN(Cc2ccc(COc3ccccc3C(C)(F)F)cc2)CC1. The quantitative estimate of drug-likeness (QED) is 0.347. The number of rotatable bonds is 9. The number of alkyl halides is 2. The van der Waals surface area contributed by atoms with Gasteiger partial charge in [0.25, 0.3) is 5.92 Å². The van der Waals surface area contributed by atoms with Crippen LogP contribution in [0, 0.1) is 0 Å². The van der Waals surface area contributed by atoms with E-state index in [1.807, 2.05) is 38.1 Å². The molecule has 37 heavy (non-hydrogen) atoms. The zero-order chi connectivity index (χ0) is 26.4. The average Bonchev–Trinajstić information content (AvgIpc) is 2.88. The van der Waals surface area contributed by atoms with E-state index < -0.39 is 5.92 Å². The van der Waals surface area contributed by atoms with Gasteiger partial charge in [0.2, 0.25) is 0 Å². The lowest BCUT2D eigenvalue weighted by Crippen LogP contribution is -2.46. The van der Waals surface area contributed by atoms with Gasteiger partial charge in [-0.3, -0.25) is 4.90 Å². The molecule has 6 nitrogen and oxygen atoms in total. The summed E-state index contributed by atoms with van der Waals surface area (Å²) >= 11 is 0. The Kier molecular flexibility index (Phi) is 8.38. The van der Waals surface area contributed by atoms with Gasteiger partial charge in [0.1, 0.15) is 23.7 Å². The third kappa shape index (κ3) is 7.04. The van der Waals surface area contributed by atoms with Crippen LogP contribution in [0.2, 0.25) is 0 Å². The molecule has 1 aliphatic rings. The van der Waals surface area contributed by atoms with Crippen molar-refractivity contribution < 1.29 is 23.0 Å². The van der Waals surface area contributed by atoms with E-state index in [1.165, 1.54) is 6.07 Å². The number of anilines is 1. The van der Waals surface area contributed by atoms with Crippen LogP contribution in [0.25, 0.3) is 0 Å². The highest BCUT2D eigenvalue weighted by molar-refractivity contribution is 5.94. The summed E-state index contributed by atoms with van der Waals surface area (Å²) in [6.07, 6.45) is 1.51. The molecule has 0 radical (unpaired) electrons. The van der Waals surface area contributed by atoms with Crippen LogP contribution in [0.4, 0.5) is 14.6 Å². The Morgan fingerprint density at radius 1 is 0.973 bits per heavy atom. The Morgan fingerprint density at radius 3 is 2.32 bits per heavy atom. The van der Waals surface area contributed by atoms with E-state index in [0.29, 0.717) is 11.4 Å². The summed E-state index contributed by atoms with van der Waals surface area (Å²) in [7, 11) is 0. The van der Waals surface area contributed by atoms with Crippen molar-refractivity contribution in [2.75, 3.05) is 31.1 Å². The molecule has 1 aromatic heterocycles. The van der Waals surface area contributed by atoms with Crippen molar-refractivity contribution in [3.05, 3.63) is 89.1 Å². The van der Waals surface area contributed by atoms with Gasteiger partial charge in [-0.2, -0.15) is 0 Å². The van der Waals surface area contributed by atoms with Crippen LogP contribution in [0.1, 0.15) is 47.8 Å². The third-order valence-corrected chi connectivity index (χ3v) is 6.20. The van der Waals surface area contributed by atoms with Gasteiger partial charge in [-0.05, 0) is 49.2 Å². The molecule has 1 saturated heterocycles. The first-order valence-electron chi connectivity index (χ1n) is 12.5. The summed E-state index contributed by atoms with van der Waals surface area (Å²) in [4.78, 5) is 21.4. The number of hydrogen-bond acceptors (Lipinski definition) is 6. The summed E-state index contributed by atoms with van der Waals surface area (Å²) in [6.45, 7) is 8.74. The fourth-order valence-corrected chi connectivity index (χ4v) is 4.32. The van der Waals surface area contributed by atoms with Crippen LogP contribution in [0.3, 0.4) is 0 Å². The summed E-state index contributed by atoms with van der Waals surface area (Å²) in [5.74, 6) is -2.44. The monoisotopic (exact) mass is 509 g/mol. The van der Waals surface area contributed by atoms with Crippen molar-refractivity contribution in [1.29, 1.82) is 0 Å². The van der Waals surface area contributed by atoms with Gasteiger partial charge in [-0.15, -0.1) is 0 Å². The standard InChI is InChI=1S/C29H33F2N3O3/c1-21(2)37-28(35)24-7-6-14-32-27(24)34-17-15-33(16-18-34)19-22-10-12-23(13-11-22)20-36-26-9-5-4-8-25(26)29(3,30)31/h4-14,21H,15-20H2,1-3H3. The maximum absolute atomic E-state index is 13.8. The van der Waals surface area contributed by atoms with Gasteiger partial charge in [-0.1, -0.05) is 36.4 Å². The molecule has 0 bridgehead atoms. The zero-order valence-electron chi connectivity index (χ0n) is 21.5. The van der Waals surface area contributed by atoms with E-state index in [0.717, 1.165) is 50.8 Å². The molecule has 0 atom stereocenters. The summed E-state index contributed by atoms with van der Waals surface area (Å²) in [5.41, 5.74) is 2.46. The highest BCUT2D eigenvalue weighted by atomic mass is 19.3. The van der Waals surface area contributed by atoms with Gasteiger partial charge >= 0.3 is 5.97 Å². The van der Waals surface area contributed by atoms with Crippen molar-refractivity contribution in [2.24, 2.45) is 0 Å². The smallest absolute Gasteiger partial charge is 0.342 e. The number of nitrogens with zero attached hydrogens (tertiary/aromatic N) is 3. The molecule has 196 valence electrons. The normalized spacial score (nSPS) is 14.6. The molecule has 0 spiro atoms. The van der Waals surface area contributed by atoms with Gasteiger partial charge in [0, 0.05) is 45.8 Å². The van der Waals surface area contributed by atoms with Crippen LogP contribution in [-0.2, 0) is 23.8 Å². The largest absolute Gasteiger partial charge is 0.488 e. The van der Waals surface area contributed by atoms with Crippen molar-refractivity contribution >= 4 is 11.8 Å². The number of benzene rings is 2. The maximum atomic E-state index is 13.8. The molecule has 0 amide bonds. The predicted molar refractivity (Wildman–Crippen MR) is 139 cm³/mol.